The van der Waals surface area contributed by atoms with E-state index in [0.29, 0.717) is 17.9 Å². The van der Waals surface area contributed by atoms with E-state index >= 15 is 0 Å². The summed E-state index contributed by atoms with van der Waals surface area (Å²) < 4.78 is 10.7. The lowest BCUT2D eigenvalue weighted by Crippen LogP contribution is -2.56. The minimum atomic E-state index is -0.449. The third-order valence-electron chi connectivity index (χ3n) is 7.38. The van der Waals surface area contributed by atoms with Crippen LogP contribution in [0.1, 0.15) is 59.8 Å². The highest BCUT2D eigenvalue weighted by molar-refractivity contribution is 5.96. The average molecular weight is 550 g/mol. The highest BCUT2D eigenvalue weighted by atomic mass is 16.5. The zero-order valence-corrected chi connectivity index (χ0v) is 23.6. The lowest BCUT2D eigenvalue weighted by atomic mass is 9.92. The van der Waals surface area contributed by atoms with Crippen LogP contribution in [0, 0.1) is 0 Å². The smallest absolute Gasteiger partial charge is 0.325 e. The number of rotatable bonds is 10. The van der Waals surface area contributed by atoms with Crippen molar-refractivity contribution in [3.8, 4) is 5.75 Å². The molecule has 9 nitrogen and oxygen atoms in total. The molecular formula is C31H39N3O6. The number of aliphatic hydroxyl groups is 1. The number of phenolic OH excluding ortho intramolecular Hbond substituents is 1. The van der Waals surface area contributed by atoms with Crippen molar-refractivity contribution in [2.45, 2.75) is 52.0 Å². The number of nitrogens with zero attached hydrogens (tertiary/aromatic N) is 3. The molecule has 214 valence electrons. The van der Waals surface area contributed by atoms with Crippen LogP contribution in [0.25, 0.3) is 0 Å². The lowest BCUT2D eigenvalue weighted by Gasteiger charge is -2.47. The van der Waals surface area contributed by atoms with Gasteiger partial charge < -0.3 is 24.3 Å². The molecule has 4 rings (SSSR count). The molecule has 0 spiro atoms. The zero-order valence-electron chi connectivity index (χ0n) is 23.6. The van der Waals surface area contributed by atoms with Gasteiger partial charge in [-0.3, -0.25) is 19.4 Å². The molecule has 1 amide bonds. The number of aromatic hydroxyl groups is 1. The number of esters is 1. The van der Waals surface area contributed by atoms with Crippen LogP contribution in [0.2, 0.25) is 0 Å². The number of aliphatic hydroxyl groups excluding tert-OH is 1. The molecule has 40 heavy (non-hydrogen) atoms. The van der Waals surface area contributed by atoms with Crippen molar-refractivity contribution in [1.82, 2.24) is 14.7 Å². The van der Waals surface area contributed by atoms with Gasteiger partial charge in [0.2, 0.25) is 0 Å². The standard InChI is InChI=1S/C31H39N3O6/c1-5-39-29(37)19-32(4)31(38)25-10-6-8-23(14-25)30(24-9-7-11-26(36)15-24)34-17-21(2)33(16-22(34)3)18-27-12-13-28(20-35)40-27/h6-15,21-22,30,35-36H,5,16-20H2,1-4H3/t21-,22+,30-/m1/s1. The van der Waals surface area contributed by atoms with Gasteiger partial charge in [0.15, 0.2) is 0 Å². The van der Waals surface area contributed by atoms with Crippen molar-refractivity contribution in [2.75, 3.05) is 33.3 Å². The first-order valence-electron chi connectivity index (χ1n) is 13.7. The Morgan fingerprint density at radius 1 is 1.02 bits per heavy atom. The van der Waals surface area contributed by atoms with E-state index in [0.717, 1.165) is 30.0 Å². The highest BCUT2D eigenvalue weighted by Gasteiger charge is 2.35. The Bertz CT molecular complexity index is 1310. The minimum absolute atomic E-state index is 0.120. The summed E-state index contributed by atoms with van der Waals surface area (Å²) in [6.45, 7) is 8.28. The predicted molar refractivity (Wildman–Crippen MR) is 151 cm³/mol. The second-order valence-electron chi connectivity index (χ2n) is 10.4. The molecule has 1 aliphatic rings. The molecule has 0 unspecified atom stereocenters. The van der Waals surface area contributed by atoms with Gasteiger partial charge in [-0.15, -0.1) is 0 Å². The Balaban J connectivity index is 1.61. The van der Waals surface area contributed by atoms with Crippen molar-refractivity contribution in [3.63, 3.8) is 0 Å². The zero-order chi connectivity index (χ0) is 28.8. The number of carbonyl (C=O) groups is 2. The Hall–Kier alpha value is -3.66. The van der Waals surface area contributed by atoms with E-state index in [1.165, 1.54) is 4.90 Å². The van der Waals surface area contributed by atoms with Crippen molar-refractivity contribution in [2.24, 2.45) is 0 Å². The van der Waals surface area contributed by atoms with Crippen LogP contribution in [-0.2, 0) is 22.7 Å². The molecule has 2 heterocycles. The summed E-state index contributed by atoms with van der Waals surface area (Å²) in [4.78, 5) is 31.3. The lowest BCUT2D eigenvalue weighted by molar-refractivity contribution is -0.143. The number of benzene rings is 2. The fraction of sp³-hybridized carbons (Fsp3) is 0.419. The van der Waals surface area contributed by atoms with Crippen LogP contribution in [0.15, 0.2) is 65.1 Å². The molecule has 0 saturated carbocycles. The van der Waals surface area contributed by atoms with E-state index in [1.54, 1.807) is 38.2 Å². The molecule has 2 N–H and O–H groups in total. The maximum atomic E-state index is 13.2. The molecule has 3 atom stereocenters. The molecule has 2 aromatic carbocycles. The average Bonchev–Trinajstić information content (AvgIpc) is 3.39. The summed E-state index contributed by atoms with van der Waals surface area (Å²) in [5.41, 5.74) is 2.33. The monoisotopic (exact) mass is 549 g/mol. The Labute approximate surface area is 235 Å². The van der Waals surface area contributed by atoms with Gasteiger partial charge in [-0.2, -0.15) is 0 Å². The maximum Gasteiger partial charge on any atom is 0.325 e. The van der Waals surface area contributed by atoms with E-state index in [-0.39, 0.29) is 49.5 Å². The van der Waals surface area contributed by atoms with Crippen molar-refractivity contribution in [3.05, 3.63) is 88.9 Å². The summed E-state index contributed by atoms with van der Waals surface area (Å²) in [7, 11) is 1.59. The molecule has 0 radical (unpaired) electrons. The summed E-state index contributed by atoms with van der Waals surface area (Å²) in [6.07, 6.45) is 0. The summed E-state index contributed by atoms with van der Waals surface area (Å²) in [6, 6.07) is 18.6. The number of carbonyl (C=O) groups excluding carboxylic acids is 2. The quantitative estimate of drug-likeness (QED) is 0.368. The topological polar surface area (TPSA) is 107 Å². The van der Waals surface area contributed by atoms with Gasteiger partial charge in [0.25, 0.3) is 5.91 Å². The van der Waals surface area contributed by atoms with Crippen LogP contribution in [-0.4, -0.2) is 82.2 Å². The van der Waals surface area contributed by atoms with Crippen molar-refractivity contribution < 1.29 is 29.0 Å². The first-order valence-corrected chi connectivity index (χ1v) is 13.7. The minimum Gasteiger partial charge on any atom is -0.508 e. The Kier molecular flexibility index (Phi) is 9.63. The number of likely N-dealkylation sites (N-methyl/N-ethyl adjacent to an activating group) is 1. The second kappa shape index (κ2) is 13.1. The largest absolute Gasteiger partial charge is 0.508 e. The number of hydrogen-bond donors (Lipinski definition) is 2. The van der Waals surface area contributed by atoms with Gasteiger partial charge in [-0.05, 0) is 68.3 Å². The molecule has 1 fully saturated rings. The number of piperazine rings is 1. The van der Waals surface area contributed by atoms with Gasteiger partial charge in [0, 0.05) is 37.8 Å². The molecule has 1 aromatic heterocycles. The van der Waals surface area contributed by atoms with Gasteiger partial charge in [0.05, 0.1) is 19.2 Å². The number of furan rings is 1. The number of phenols is 1. The predicted octanol–water partition coefficient (Wildman–Crippen LogP) is 3.80. The maximum absolute atomic E-state index is 13.2. The normalized spacial score (nSPS) is 18.8. The van der Waals surface area contributed by atoms with E-state index < -0.39 is 5.97 Å². The summed E-state index contributed by atoms with van der Waals surface area (Å²) in [5, 5.41) is 19.7. The van der Waals surface area contributed by atoms with Gasteiger partial charge in [-0.25, -0.2) is 0 Å². The number of ether oxygens (including phenoxy) is 1. The number of amides is 1. The summed E-state index contributed by atoms with van der Waals surface area (Å²) >= 11 is 0. The van der Waals surface area contributed by atoms with E-state index in [1.807, 2.05) is 36.4 Å². The summed E-state index contributed by atoms with van der Waals surface area (Å²) in [5.74, 6) is 0.840. The van der Waals surface area contributed by atoms with Crippen LogP contribution in [0.4, 0.5) is 0 Å². The van der Waals surface area contributed by atoms with Crippen LogP contribution in [0.5, 0.6) is 5.75 Å². The third-order valence-corrected chi connectivity index (χ3v) is 7.38. The van der Waals surface area contributed by atoms with Crippen molar-refractivity contribution >= 4 is 11.9 Å². The van der Waals surface area contributed by atoms with Crippen LogP contribution < -0.4 is 0 Å². The molecular weight excluding hydrogens is 510 g/mol. The first kappa shape index (κ1) is 29.3. The second-order valence-corrected chi connectivity index (χ2v) is 10.4. The van der Waals surface area contributed by atoms with E-state index in [4.69, 9.17) is 9.15 Å². The van der Waals surface area contributed by atoms with Crippen LogP contribution >= 0.6 is 0 Å². The fourth-order valence-corrected chi connectivity index (χ4v) is 5.40. The Morgan fingerprint density at radius 3 is 2.40 bits per heavy atom. The van der Waals surface area contributed by atoms with Crippen LogP contribution in [0.3, 0.4) is 0 Å². The number of hydrogen-bond acceptors (Lipinski definition) is 8. The molecule has 1 aliphatic heterocycles. The highest BCUT2D eigenvalue weighted by Crippen LogP contribution is 2.35. The van der Waals surface area contributed by atoms with Gasteiger partial charge >= 0.3 is 5.97 Å². The van der Waals surface area contributed by atoms with Crippen molar-refractivity contribution in [1.29, 1.82) is 0 Å². The van der Waals surface area contributed by atoms with Gasteiger partial charge in [0.1, 0.15) is 30.4 Å². The SMILES string of the molecule is CCOC(=O)CN(C)C(=O)c1cccc([C@H](c2cccc(O)c2)N2C[C@@H](C)N(Cc3ccc(CO)o3)C[C@@H]2C)c1. The molecule has 3 aromatic rings. The molecule has 0 bridgehead atoms. The van der Waals surface area contributed by atoms with E-state index in [9.17, 15) is 19.8 Å². The van der Waals surface area contributed by atoms with E-state index in [2.05, 4.69) is 23.6 Å². The third kappa shape index (κ3) is 6.91. The first-order chi connectivity index (χ1) is 19.2. The Morgan fingerprint density at radius 2 is 1.73 bits per heavy atom. The molecule has 1 saturated heterocycles. The molecule has 9 heteroatoms. The molecule has 0 aliphatic carbocycles. The van der Waals surface area contributed by atoms with Gasteiger partial charge in [-0.1, -0.05) is 24.3 Å². The fourth-order valence-electron chi connectivity index (χ4n) is 5.40.